The van der Waals surface area contributed by atoms with Crippen LogP contribution in [0.5, 0.6) is 0 Å². The van der Waals surface area contributed by atoms with Gasteiger partial charge in [0.1, 0.15) is 9.33 Å². The maximum atomic E-state index is 12.4. The molecule has 2 aromatic rings. The third kappa shape index (κ3) is 4.27. The summed E-state index contributed by atoms with van der Waals surface area (Å²) in [7, 11) is 0. The molecule has 0 spiro atoms. The van der Waals surface area contributed by atoms with Crippen molar-refractivity contribution in [3.63, 3.8) is 0 Å². The second-order valence-electron chi connectivity index (χ2n) is 5.17. The predicted molar refractivity (Wildman–Crippen MR) is 110 cm³/mol. The molecular weight excluding hydrogens is 435 g/mol. The molecule has 0 saturated carbocycles. The van der Waals surface area contributed by atoms with Crippen molar-refractivity contribution in [2.75, 3.05) is 6.54 Å². The molecule has 2 heterocycles. The maximum Gasteiger partial charge on any atom is 0.305 e. The lowest BCUT2D eigenvalue weighted by Gasteiger charge is -2.12. The summed E-state index contributed by atoms with van der Waals surface area (Å²) < 4.78 is 0.352. The number of aliphatic carboxylic acids is 1. The zero-order chi connectivity index (χ0) is 18.8. The fraction of sp³-hybridized carbons (Fsp3) is 0.125. The number of rotatable bonds is 5. The summed E-state index contributed by atoms with van der Waals surface area (Å²) in [4.78, 5) is 29.9. The minimum atomic E-state index is -0.978. The third-order valence-corrected chi connectivity index (χ3v) is 6.30. The van der Waals surface area contributed by atoms with Gasteiger partial charge in [-0.2, -0.15) is 0 Å². The Bertz CT molecular complexity index is 943. The van der Waals surface area contributed by atoms with Crippen LogP contribution in [0.15, 0.2) is 29.3 Å². The zero-order valence-corrected chi connectivity index (χ0v) is 16.9. The van der Waals surface area contributed by atoms with Crippen molar-refractivity contribution in [3.05, 3.63) is 44.2 Å². The van der Waals surface area contributed by atoms with Crippen LogP contribution in [-0.2, 0) is 9.59 Å². The molecule has 0 bridgehead atoms. The molecule has 26 heavy (non-hydrogen) atoms. The highest BCUT2D eigenvalue weighted by molar-refractivity contribution is 8.26. The average Bonchev–Trinajstić information content (AvgIpc) is 3.14. The number of carboxylic acids is 1. The van der Waals surface area contributed by atoms with Crippen LogP contribution in [0.25, 0.3) is 16.6 Å². The van der Waals surface area contributed by atoms with Gasteiger partial charge in [0.25, 0.3) is 5.91 Å². The van der Waals surface area contributed by atoms with E-state index < -0.39 is 5.97 Å². The average molecular weight is 445 g/mol. The molecular formula is C16H10Cl2N2O3S3. The summed E-state index contributed by atoms with van der Waals surface area (Å²) >= 11 is 19.9. The first-order valence-electron chi connectivity index (χ1n) is 7.23. The molecule has 1 aliphatic rings. The zero-order valence-electron chi connectivity index (χ0n) is 12.9. The van der Waals surface area contributed by atoms with E-state index in [2.05, 4.69) is 4.98 Å². The fourth-order valence-corrected chi connectivity index (χ4v) is 4.87. The SMILES string of the molecule is O=C(O)CCN1C(=O)C(=Cc2cnc(-c3cc(Cl)ccc3Cl)s2)SC1=S. The van der Waals surface area contributed by atoms with Crippen LogP contribution in [0, 0.1) is 0 Å². The Morgan fingerprint density at radius 2 is 2.15 bits per heavy atom. The summed E-state index contributed by atoms with van der Waals surface area (Å²) in [5, 5.41) is 10.5. The number of hydrogen-bond donors (Lipinski definition) is 1. The molecule has 0 aliphatic carbocycles. The quantitative estimate of drug-likeness (QED) is 0.527. The highest BCUT2D eigenvalue weighted by Gasteiger charge is 2.32. The van der Waals surface area contributed by atoms with Gasteiger partial charge in [0.15, 0.2) is 0 Å². The number of halogens is 2. The van der Waals surface area contributed by atoms with Crippen molar-refractivity contribution in [2.45, 2.75) is 6.42 Å². The Hall–Kier alpha value is -1.45. The van der Waals surface area contributed by atoms with Gasteiger partial charge in [-0.3, -0.25) is 14.5 Å². The molecule has 0 unspecified atom stereocenters. The van der Waals surface area contributed by atoms with Crippen LogP contribution in [0.3, 0.4) is 0 Å². The van der Waals surface area contributed by atoms with Crippen LogP contribution in [-0.4, -0.2) is 37.7 Å². The van der Waals surface area contributed by atoms with E-state index in [1.807, 2.05) is 0 Å². The Morgan fingerprint density at radius 1 is 1.38 bits per heavy atom. The molecule has 134 valence electrons. The Kier molecular flexibility index (Phi) is 5.99. The number of carboxylic acid groups (broad SMARTS) is 1. The highest BCUT2D eigenvalue weighted by atomic mass is 35.5. The molecule has 1 N–H and O–H groups in total. The first kappa shape index (κ1) is 19.3. The number of amides is 1. The van der Waals surface area contributed by atoms with Crippen molar-refractivity contribution in [2.24, 2.45) is 0 Å². The predicted octanol–water partition coefficient (Wildman–Crippen LogP) is 4.79. The lowest BCUT2D eigenvalue weighted by molar-refractivity contribution is -0.137. The molecule has 0 atom stereocenters. The van der Waals surface area contributed by atoms with Crippen LogP contribution >= 0.6 is 58.5 Å². The number of thiocarbonyl (C=S) groups is 1. The van der Waals surface area contributed by atoms with Gasteiger partial charge in [0, 0.05) is 28.2 Å². The molecule has 1 amide bonds. The van der Waals surface area contributed by atoms with Crippen molar-refractivity contribution in [1.29, 1.82) is 0 Å². The van der Waals surface area contributed by atoms with Crippen molar-refractivity contribution >= 4 is 80.8 Å². The molecule has 0 radical (unpaired) electrons. The van der Waals surface area contributed by atoms with E-state index in [-0.39, 0.29) is 18.9 Å². The van der Waals surface area contributed by atoms with Crippen molar-refractivity contribution < 1.29 is 14.7 Å². The molecule has 3 rings (SSSR count). The summed E-state index contributed by atoms with van der Waals surface area (Å²) in [6.45, 7) is 0.0589. The van der Waals surface area contributed by atoms with Crippen LogP contribution < -0.4 is 0 Å². The van der Waals surface area contributed by atoms with Gasteiger partial charge in [-0.1, -0.05) is 47.2 Å². The number of thioether (sulfide) groups is 1. The molecule has 1 saturated heterocycles. The molecule has 1 aromatic carbocycles. The lowest BCUT2D eigenvalue weighted by Crippen LogP contribution is -2.30. The van der Waals surface area contributed by atoms with E-state index in [4.69, 9.17) is 40.5 Å². The van der Waals surface area contributed by atoms with E-state index in [0.717, 1.165) is 22.2 Å². The van der Waals surface area contributed by atoms with E-state index in [1.54, 1.807) is 30.5 Å². The number of thiazole rings is 1. The van der Waals surface area contributed by atoms with E-state index in [9.17, 15) is 9.59 Å². The smallest absolute Gasteiger partial charge is 0.305 e. The van der Waals surface area contributed by atoms with Gasteiger partial charge in [-0.25, -0.2) is 4.98 Å². The van der Waals surface area contributed by atoms with Crippen molar-refractivity contribution in [3.8, 4) is 10.6 Å². The van der Waals surface area contributed by atoms with Gasteiger partial charge in [0.05, 0.1) is 16.3 Å². The maximum absolute atomic E-state index is 12.4. The summed E-state index contributed by atoms with van der Waals surface area (Å²) in [6, 6.07) is 5.14. The molecule has 5 nitrogen and oxygen atoms in total. The van der Waals surface area contributed by atoms with Gasteiger partial charge in [0.2, 0.25) is 0 Å². The molecule has 1 aliphatic heterocycles. The largest absolute Gasteiger partial charge is 0.481 e. The van der Waals surface area contributed by atoms with Crippen LogP contribution in [0.1, 0.15) is 11.3 Å². The Labute approximate surface area is 172 Å². The van der Waals surface area contributed by atoms with Gasteiger partial charge >= 0.3 is 5.97 Å². The third-order valence-electron chi connectivity index (χ3n) is 3.38. The van der Waals surface area contributed by atoms with Gasteiger partial charge < -0.3 is 5.11 Å². The topological polar surface area (TPSA) is 70.5 Å². The standard InChI is InChI=1S/C16H10Cl2N2O3S3/c17-8-1-2-11(18)10(5-8)14-19-7-9(25-14)6-12-15(23)20(16(24)26-12)4-3-13(21)22/h1-2,5-7H,3-4H2,(H,21,22). The Morgan fingerprint density at radius 3 is 2.88 bits per heavy atom. The first-order valence-corrected chi connectivity index (χ1v) is 10.0. The second kappa shape index (κ2) is 8.06. The molecule has 10 heteroatoms. The summed E-state index contributed by atoms with van der Waals surface area (Å²) in [5.74, 6) is -1.27. The molecule has 1 aromatic heterocycles. The number of benzene rings is 1. The number of aromatic nitrogens is 1. The second-order valence-corrected chi connectivity index (χ2v) is 8.75. The number of nitrogens with zero attached hydrogens (tertiary/aromatic N) is 2. The fourth-order valence-electron chi connectivity index (χ4n) is 2.17. The normalized spacial score (nSPS) is 15.9. The highest BCUT2D eigenvalue weighted by Crippen LogP contribution is 2.37. The lowest BCUT2D eigenvalue weighted by atomic mass is 10.2. The number of carbonyl (C=O) groups excluding carboxylic acids is 1. The summed E-state index contributed by atoms with van der Waals surface area (Å²) in [6.07, 6.45) is 3.18. The monoisotopic (exact) mass is 444 g/mol. The summed E-state index contributed by atoms with van der Waals surface area (Å²) in [5.41, 5.74) is 0.720. The van der Waals surface area contributed by atoms with Gasteiger partial charge in [-0.05, 0) is 24.3 Å². The van der Waals surface area contributed by atoms with E-state index >= 15 is 0 Å². The van der Waals surface area contributed by atoms with Gasteiger partial charge in [-0.15, -0.1) is 11.3 Å². The molecule has 1 fully saturated rings. The van der Waals surface area contributed by atoms with E-state index in [0.29, 0.717) is 24.3 Å². The van der Waals surface area contributed by atoms with Crippen LogP contribution in [0.2, 0.25) is 10.0 Å². The Balaban J connectivity index is 1.82. The minimum absolute atomic E-state index is 0.0589. The van der Waals surface area contributed by atoms with Crippen LogP contribution in [0.4, 0.5) is 0 Å². The minimum Gasteiger partial charge on any atom is -0.481 e. The van der Waals surface area contributed by atoms with E-state index in [1.165, 1.54) is 16.2 Å². The number of hydrogen-bond acceptors (Lipinski definition) is 6. The first-order chi connectivity index (χ1) is 12.3. The van der Waals surface area contributed by atoms with Crippen molar-refractivity contribution in [1.82, 2.24) is 9.88 Å². The number of carbonyl (C=O) groups is 2.